The van der Waals surface area contributed by atoms with Crippen molar-refractivity contribution in [1.82, 2.24) is 0 Å². The maximum Gasteiger partial charge on any atom is 0.264 e. The van der Waals surface area contributed by atoms with Crippen LogP contribution >= 0.6 is 0 Å². The standard InChI is InChI=1S/C13H28O3S/c1-3-5-7-9-13(10-8-6-4-2)11-12-17(14,15)16/h13H,3-12H2,1-2H3,(H,14,15,16). The predicted molar refractivity (Wildman–Crippen MR) is 72.8 cm³/mol. The van der Waals surface area contributed by atoms with Gasteiger partial charge in [0.1, 0.15) is 0 Å². The van der Waals surface area contributed by atoms with Crippen LogP contribution in [0.4, 0.5) is 0 Å². The normalized spacial score (nSPS) is 12.2. The van der Waals surface area contributed by atoms with Crippen molar-refractivity contribution in [3.05, 3.63) is 0 Å². The van der Waals surface area contributed by atoms with Gasteiger partial charge >= 0.3 is 0 Å². The Balaban J connectivity index is 3.92. The zero-order valence-corrected chi connectivity index (χ0v) is 12.1. The largest absolute Gasteiger partial charge is 0.286 e. The van der Waals surface area contributed by atoms with E-state index in [1.807, 2.05) is 0 Å². The Hall–Kier alpha value is -0.0900. The zero-order valence-electron chi connectivity index (χ0n) is 11.3. The molecule has 0 fully saturated rings. The van der Waals surface area contributed by atoms with Crippen LogP contribution in [0.25, 0.3) is 0 Å². The van der Waals surface area contributed by atoms with Crippen molar-refractivity contribution >= 4 is 10.1 Å². The van der Waals surface area contributed by atoms with Gasteiger partial charge in [0, 0.05) is 0 Å². The van der Waals surface area contributed by atoms with Crippen LogP contribution in [0.15, 0.2) is 0 Å². The molecule has 0 amide bonds. The summed E-state index contributed by atoms with van der Waals surface area (Å²) in [6, 6.07) is 0. The van der Waals surface area contributed by atoms with Gasteiger partial charge < -0.3 is 0 Å². The van der Waals surface area contributed by atoms with Crippen molar-refractivity contribution in [3.63, 3.8) is 0 Å². The summed E-state index contributed by atoms with van der Waals surface area (Å²) in [5, 5.41) is 0. The molecule has 0 aromatic heterocycles. The molecule has 0 aliphatic carbocycles. The molecular weight excluding hydrogens is 236 g/mol. The van der Waals surface area contributed by atoms with E-state index in [0.717, 1.165) is 12.8 Å². The lowest BCUT2D eigenvalue weighted by Gasteiger charge is -2.15. The summed E-state index contributed by atoms with van der Waals surface area (Å²) in [6.07, 6.45) is 10.0. The van der Waals surface area contributed by atoms with Gasteiger partial charge in [-0.25, -0.2) is 0 Å². The maximum absolute atomic E-state index is 10.8. The highest BCUT2D eigenvalue weighted by Gasteiger charge is 2.13. The molecule has 3 nitrogen and oxygen atoms in total. The minimum atomic E-state index is -3.78. The summed E-state index contributed by atoms with van der Waals surface area (Å²) in [4.78, 5) is 0. The lowest BCUT2D eigenvalue weighted by molar-refractivity contribution is 0.392. The highest BCUT2D eigenvalue weighted by atomic mass is 32.2. The molecule has 1 N–H and O–H groups in total. The minimum absolute atomic E-state index is 0.0735. The van der Waals surface area contributed by atoms with Crippen LogP contribution in [0.5, 0.6) is 0 Å². The molecule has 0 spiro atoms. The van der Waals surface area contributed by atoms with E-state index in [-0.39, 0.29) is 5.75 Å². The van der Waals surface area contributed by atoms with Crippen molar-refractivity contribution in [3.8, 4) is 0 Å². The summed E-state index contributed by atoms with van der Waals surface area (Å²) in [5.74, 6) is 0.394. The van der Waals surface area contributed by atoms with Crippen LogP contribution in [0.2, 0.25) is 0 Å². The summed E-state index contributed by atoms with van der Waals surface area (Å²) >= 11 is 0. The third kappa shape index (κ3) is 12.2. The Labute approximate surface area is 107 Å². The van der Waals surface area contributed by atoms with Gasteiger partial charge in [-0.2, -0.15) is 8.42 Å². The van der Waals surface area contributed by atoms with Gasteiger partial charge in [0.2, 0.25) is 0 Å². The average molecular weight is 264 g/mol. The number of hydrogen-bond acceptors (Lipinski definition) is 2. The van der Waals surface area contributed by atoms with Crippen LogP contribution in [0, 0.1) is 5.92 Å². The molecule has 0 bridgehead atoms. The van der Waals surface area contributed by atoms with Crippen LogP contribution < -0.4 is 0 Å². The van der Waals surface area contributed by atoms with E-state index >= 15 is 0 Å². The molecular formula is C13H28O3S. The number of rotatable bonds is 11. The Morgan fingerprint density at radius 3 is 1.71 bits per heavy atom. The Morgan fingerprint density at radius 1 is 0.882 bits per heavy atom. The number of hydrogen-bond donors (Lipinski definition) is 1. The van der Waals surface area contributed by atoms with Gasteiger partial charge in [0.15, 0.2) is 0 Å². The molecule has 0 heterocycles. The fraction of sp³-hybridized carbons (Fsp3) is 1.00. The predicted octanol–water partition coefficient (Wildman–Crippen LogP) is 4.04. The van der Waals surface area contributed by atoms with Crippen LogP contribution in [-0.2, 0) is 10.1 Å². The first-order chi connectivity index (χ1) is 7.99. The summed E-state index contributed by atoms with van der Waals surface area (Å²) in [7, 11) is -3.78. The molecule has 104 valence electrons. The van der Waals surface area contributed by atoms with Gasteiger partial charge in [-0.15, -0.1) is 0 Å². The zero-order chi connectivity index (χ0) is 13.1. The smallest absolute Gasteiger partial charge is 0.264 e. The highest BCUT2D eigenvalue weighted by molar-refractivity contribution is 7.85. The van der Waals surface area contributed by atoms with Gasteiger partial charge in [-0.1, -0.05) is 65.2 Å². The monoisotopic (exact) mass is 264 g/mol. The molecule has 17 heavy (non-hydrogen) atoms. The second-order valence-corrected chi connectivity index (χ2v) is 6.50. The van der Waals surface area contributed by atoms with Crippen LogP contribution in [-0.4, -0.2) is 18.7 Å². The highest BCUT2D eigenvalue weighted by Crippen LogP contribution is 2.21. The molecule has 0 aromatic rings. The second-order valence-electron chi connectivity index (χ2n) is 4.93. The SMILES string of the molecule is CCCCCC(CCCCC)CCS(=O)(=O)O. The third-order valence-corrected chi connectivity index (χ3v) is 3.97. The molecule has 0 unspecified atom stereocenters. The molecule has 0 saturated heterocycles. The first-order valence-corrected chi connectivity index (χ1v) is 8.55. The lowest BCUT2D eigenvalue weighted by Crippen LogP contribution is -2.10. The molecule has 0 saturated carbocycles. The second kappa shape index (κ2) is 9.89. The lowest BCUT2D eigenvalue weighted by atomic mass is 9.93. The fourth-order valence-electron chi connectivity index (χ4n) is 2.11. The van der Waals surface area contributed by atoms with Crippen molar-refractivity contribution in [2.24, 2.45) is 5.92 Å². The molecule has 0 aliphatic rings. The molecule has 4 heteroatoms. The van der Waals surface area contributed by atoms with Crippen LogP contribution in [0.3, 0.4) is 0 Å². The molecule has 0 aromatic carbocycles. The van der Waals surface area contributed by atoms with E-state index in [1.54, 1.807) is 0 Å². The molecule has 0 radical (unpaired) electrons. The van der Waals surface area contributed by atoms with Gasteiger partial charge in [0.05, 0.1) is 5.75 Å². The van der Waals surface area contributed by atoms with Gasteiger partial charge in [0.25, 0.3) is 10.1 Å². The first-order valence-electron chi connectivity index (χ1n) is 6.94. The summed E-state index contributed by atoms with van der Waals surface area (Å²) in [5.41, 5.74) is 0. The molecule has 0 rings (SSSR count). The Bertz CT molecular complexity index is 250. The average Bonchev–Trinajstić information content (AvgIpc) is 2.24. The Kier molecular flexibility index (Phi) is 9.84. The minimum Gasteiger partial charge on any atom is -0.286 e. The third-order valence-electron chi connectivity index (χ3n) is 3.22. The topological polar surface area (TPSA) is 54.4 Å². The van der Waals surface area contributed by atoms with Gasteiger partial charge in [-0.3, -0.25) is 4.55 Å². The van der Waals surface area contributed by atoms with E-state index in [0.29, 0.717) is 12.3 Å². The summed E-state index contributed by atoms with van der Waals surface area (Å²) in [6.45, 7) is 4.34. The quantitative estimate of drug-likeness (QED) is 0.452. The van der Waals surface area contributed by atoms with Crippen molar-refractivity contribution in [1.29, 1.82) is 0 Å². The van der Waals surface area contributed by atoms with Crippen molar-refractivity contribution in [2.45, 2.75) is 71.6 Å². The van der Waals surface area contributed by atoms with Crippen molar-refractivity contribution in [2.75, 3.05) is 5.75 Å². The fourth-order valence-corrected chi connectivity index (χ4v) is 2.75. The summed E-state index contributed by atoms with van der Waals surface area (Å²) < 4.78 is 30.3. The van der Waals surface area contributed by atoms with Crippen molar-refractivity contribution < 1.29 is 13.0 Å². The molecule has 0 atom stereocenters. The van der Waals surface area contributed by atoms with E-state index in [2.05, 4.69) is 13.8 Å². The van der Waals surface area contributed by atoms with E-state index < -0.39 is 10.1 Å². The van der Waals surface area contributed by atoms with Gasteiger partial charge in [-0.05, 0) is 12.3 Å². The maximum atomic E-state index is 10.8. The van der Waals surface area contributed by atoms with E-state index in [4.69, 9.17) is 4.55 Å². The Morgan fingerprint density at radius 2 is 1.35 bits per heavy atom. The van der Waals surface area contributed by atoms with E-state index in [9.17, 15) is 8.42 Å². The first kappa shape index (κ1) is 16.9. The molecule has 0 aliphatic heterocycles. The number of unbranched alkanes of at least 4 members (excludes halogenated alkanes) is 4. The van der Waals surface area contributed by atoms with E-state index in [1.165, 1.54) is 38.5 Å². The van der Waals surface area contributed by atoms with Crippen LogP contribution in [0.1, 0.15) is 71.6 Å².